The molecular formula is C21H28F3IN4. The summed E-state index contributed by atoms with van der Waals surface area (Å²) in [5.41, 5.74) is 2.62. The van der Waals surface area contributed by atoms with Crippen LogP contribution >= 0.6 is 24.0 Å². The molecule has 8 heteroatoms. The number of aliphatic imine (C=N–C) groups is 1. The fourth-order valence-electron chi connectivity index (χ4n) is 2.72. The molecule has 2 rings (SSSR count). The first-order valence-corrected chi connectivity index (χ1v) is 9.11. The van der Waals surface area contributed by atoms with Gasteiger partial charge in [-0.1, -0.05) is 36.4 Å². The van der Waals surface area contributed by atoms with Crippen LogP contribution in [0.15, 0.2) is 53.5 Å². The highest BCUT2D eigenvalue weighted by molar-refractivity contribution is 14.0. The van der Waals surface area contributed by atoms with Gasteiger partial charge in [-0.05, 0) is 49.3 Å². The molecule has 2 aromatic carbocycles. The maximum absolute atomic E-state index is 12.6. The number of benzene rings is 2. The number of alkyl halides is 3. The van der Waals surface area contributed by atoms with E-state index in [-0.39, 0.29) is 24.0 Å². The third kappa shape index (κ3) is 9.03. The Morgan fingerprint density at radius 3 is 1.97 bits per heavy atom. The van der Waals surface area contributed by atoms with Crippen molar-refractivity contribution in [3.63, 3.8) is 0 Å². The van der Waals surface area contributed by atoms with E-state index in [0.717, 1.165) is 29.8 Å². The summed E-state index contributed by atoms with van der Waals surface area (Å²) in [6.45, 7) is 2.12. The zero-order valence-electron chi connectivity index (χ0n) is 16.9. The largest absolute Gasteiger partial charge is 0.416 e. The minimum atomic E-state index is -4.30. The first kappa shape index (κ1) is 25.2. The quantitative estimate of drug-likeness (QED) is 0.325. The van der Waals surface area contributed by atoms with Crippen LogP contribution in [0.3, 0.4) is 0 Å². The van der Waals surface area contributed by atoms with Gasteiger partial charge < -0.3 is 15.5 Å². The molecule has 0 aliphatic carbocycles. The third-order valence-electron chi connectivity index (χ3n) is 4.19. The van der Waals surface area contributed by atoms with Crippen LogP contribution in [-0.4, -0.2) is 38.5 Å². The minimum Gasteiger partial charge on any atom is -0.356 e. The summed E-state index contributed by atoms with van der Waals surface area (Å²) in [7, 11) is 5.76. The molecule has 0 amide bonds. The summed E-state index contributed by atoms with van der Waals surface area (Å²) in [5, 5.41) is 6.42. The van der Waals surface area contributed by atoms with Crippen LogP contribution in [-0.2, 0) is 25.7 Å². The van der Waals surface area contributed by atoms with E-state index < -0.39 is 11.7 Å². The maximum Gasteiger partial charge on any atom is 0.416 e. The fraction of sp³-hybridized carbons (Fsp3) is 0.381. The lowest BCUT2D eigenvalue weighted by Gasteiger charge is -2.13. The monoisotopic (exact) mass is 520 g/mol. The zero-order chi connectivity index (χ0) is 20.6. The van der Waals surface area contributed by atoms with Crippen LogP contribution in [0.2, 0.25) is 0 Å². The summed E-state index contributed by atoms with van der Waals surface area (Å²) in [6.07, 6.45) is -3.69. The Labute approximate surface area is 187 Å². The second-order valence-electron chi connectivity index (χ2n) is 6.85. The van der Waals surface area contributed by atoms with Gasteiger partial charge in [-0.25, -0.2) is 0 Å². The van der Waals surface area contributed by atoms with Crippen molar-refractivity contribution in [2.24, 2.45) is 4.99 Å². The number of rotatable bonds is 7. The minimum absolute atomic E-state index is 0. The number of nitrogens with zero attached hydrogens (tertiary/aromatic N) is 2. The highest BCUT2D eigenvalue weighted by atomic mass is 127. The summed E-state index contributed by atoms with van der Waals surface area (Å²) in [4.78, 5) is 6.30. The van der Waals surface area contributed by atoms with E-state index in [1.165, 1.54) is 17.7 Å². The molecule has 0 aliphatic heterocycles. The van der Waals surface area contributed by atoms with Gasteiger partial charge in [0.1, 0.15) is 0 Å². The molecule has 29 heavy (non-hydrogen) atoms. The number of guanidine groups is 1. The molecule has 0 unspecified atom stereocenters. The smallest absolute Gasteiger partial charge is 0.356 e. The maximum atomic E-state index is 12.6. The number of halogens is 4. The van der Waals surface area contributed by atoms with Crippen molar-refractivity contribution < 1.29 is 13.2 Å². The van der Waals surface area contributed by atoms with E-state index in [4.69, 9.17) is 0 Å². The van der Waals surface area contributed by atoms with Gasteiger partial charge in [-0.3, -0.25) is 4.99 Å². The summed E-state index contributed by atoms with van der Waals surface area (Å²) in [5.74, 6) is 0.657. The highest BCUT2D eigenvalue weighted by Gasteiger charge is 2.29. The van der Waals surface area contributed by atoms with Crippen molar-refractivity contribution >= 4 is 29.9 Å². The van der Waals surface area contributed by atoms with Crippen molar-refractivity contribution in [3.05, 3.63) is 70.8 Å². The average Bonchev–Trinajstić information content (AvgIpc) is 2.65. The van der Waals surface area contributed by atoms with Crippen LogP contribution in [0.5, 0.6) is 0 Å². The van der Waals surface area contributed by atoms with Crippen molar-refractivity contribution in [1.82, 2.24) is 15.5 Å². The number of nitrogens with one attached hydrogen (secondary N) is 2. The Bertz CT molecular complexity index is 757. The molecule has 2 N–H and O–H groups in total. The Hall–Kier alpha value is -1.81. The van der Waals surface area contributed by atoms with Crippen LogP contribution in [0, 0.1) is 0 Å². The molecule has 0 saturated heterocycles. The lowest BCUT2D eigenvalue weighted by atomic mass is 10.1. The van der Waals surface area contributed by atoms with Gasteiger partial charge in [-0.15, -0.1) is 24.0 Å². The van der Waals surface area contributed by atoms with E-state index in [1.807, 2.05) is 14.1 Å². The topological polar surface area (TPSA) is 39.7 Å². The number of hydrogen-bond acceptors (Lipinski definition) is 2. The second-order valence-corrected chi connectivity index (χ2v) is 6.85. The molecule has 2 aromatic rings. The van der Waals surface area contributed by atoms with E-state index in [0.29, 0.717) is 25.5 Å². The van der Waals surface area contributed by atoms with E-state index in [2.05, 4.69) is 44.8 Å². The summed E-state index contributed by atoms with van der Waals surface area (Å²) >= 11 is 0. The van der Waals surface area contributed by atoms with Gasteiger partial charge >= 0.3 is 6.18 Å². The first-order chi connectivity index (χ1) is 13.3. The summed E-state index contributed by atoms with van der Waals surface area (Å²) in [6, 6.07) is 13.6. The lowest BCUT2D eigenvalue weighted by Crippen LogP contribution is -2.37. The van der Waals surface area contributed by atoms with Gasteiger partial charge in [-0.2, -0.15) is 13.2 Å². The van der Waals surface area contributed by atoms with Gasteiger partial charge in [0.15, 0.2) is 5.96 Å². The van der Waals surface area contributed by atoms with Crippen LogP contribution in [0.25, 0.3) is 0 Å². The van der Waals surface area contributed by atoms with Crippen molar-refractivity contribution in [3.8, 4) is 0 Å². The number of hydrogen-bond donors (Lipinski definition) is 2. The Balaban J connectivity index is 0.00000420. The van der Waals surface area contributed by atoms with Crippen molar-refractivity contribution in [1.29, 1.82) is 0 Å². The van der Waals surface area contributed by atoms with E-state index in [9.17, 15) is 13.2 Å². The second kappa shape index (κ2) is 12.0. The Morgan fingerprint density at radius 1 is 0.897 bits per heavy atom. The predicted octanol–water partition coefficient (Wildman–Crippen LogP) is 4.29. The van der Waals surface area contributed by atoms with Gasteiger partial charge in [0.2, 0.25) is 0 Å². The molecule has 0 radical (unpaired) electrons. The molecule has 0 bridgehead atoms. The molecule has 160 valence electrons. The van der Waals surface area contributed by atoms with E-state index >= 15 is 0 Å². The third-order valence-corrected chi connectivity index (χ3v) is 4.19. The average molecular weight is 520 g/mol. The molecule has 0 aliphatic rings. The zero-order valence-corrected chi connectivity index (χ0v) is 19.2. The van der Waals surface area contributed by atoms with Gasteiger partial charge in [0.25, 0.3) is 0 Å². The van der Waals surface area contributed by atoms with E-state index in [1.54, 1.807) is 7.05 Å². The van der Waals surface area contributed by atoms with Gasteiger partial charge in [0, 0.05) is 26.7 Å². The van der Waals surface area contributed by atoms with Crippen molar-refractivity contribution in [2.75, 3.05) is 27.7 Å². The molecule has 0 saturated carbocycles. The molecule has 0 atom stereocenters. The van der Waals surface area contributed by atoms with Crippen molar-refractivity contribution in [2.45, 2.75) is 25.7 Å². The van der Waals surface area contributed by atoms with Crippen LogP contribution < -0.4 is 10.6 Å². The predicted molar refractivity (Wildman–Crippen MR) is 123 cm³/mol. The molecular weight excluding hydrogens is 492 g/mol. The van der Waals surface area contributed by atoms with Gasteiger partial charge in [0.05, 0.1) is 5.56 Å². The molecule has 0 spiro atoms. The van der Waals surface area contributed by atoms with Crippen LogP contribution in [0.4, 0.5) is 13.2 Å². The molecule has 4 nitrogen and oxygen atoms in total. The molecule has 0 aromatic heterocycles. The highest BCUT2D eigenvalue weighted by Crippen LogP contribution is 2.29. The fourth-order valence-corrected chi connectivity index (χ4v) is 2.72. The lowest BCUT2D eigenvalue weighted by molar-refractivity contribution is -0.137. The molecule has 0 heterocycles. The SMILES string of the molecule is CN=C(NCCc1ccc(C(F)(F)F)cc1)NCc1ccc(CN(C)C)cc1.I. The molecule has 0 fully saturated rings. The normalized spacial score (nSPS) is 11.9. The summed E-state index contributed by atoms with van der Waals surface area (Å²) < 4.78 is 37.8. The van der Waals surface area contributed by atoms with Crippen LogP contribution in [0.1, 0.15) is 22.3 Å². The first-order valence-electron chi connectivity index (χ1n) is 9.11. The standard InChI is InChI=1S/C21H27F3N4.HI/c1-25-20(27-14-17-4-6-18(7-5-17)15-28(2)3)26-13-12-16-8-10-19(11-9-16)21(22,23)24;/h4-11H,12-15H2,1-3H3,(H2,25,26,27);1H. The Kier molecular flexibility index (Phi) is 10.5. The Morgan fingerprint density at radius 2 is 1.45 bits per heavy atom.